The van der Waals surface area contributed by atoms with E-state index in [1.807, 2.05) is 12.1 Å². The number of hydrogen-bond acceptors (Lipinski definition) is 2. The summed E-state index contributed by atoms with van der Waals surface area (Å²) in [7, 11) is 0. The van der Waals surface area contributed by atoms with Crippen LogP contribution in [0.3, 0.4) is 0 Å². The van der Waals surface area contributed by atoms with Crippen LogP contribution in [0.25, 0.3) is 0 Å². The van der Waals surface area contributed by atoms with Crippen LogP contribution >= 0.6 is 15.9 Å². The van der Waals surface area contributed by atoms with E-state index in [1.165, 1.54) is 20.1 Å². The molecule has 1 heterocycles. The van der Waals surface area contributed by atoms with Crippen molar-refractivity contribution in [3.8, 4) is 0 Å². The van der Waals surface area contributed by atoms with E-state index in [2.05, 4.69) is 69.6 Å². The molecule has 0 bridgehead atoms. The number of carbonyl (C=O) groups excluding carboxylic acids is 1. The van der Waals surface area contributed by atoms with E-state index in [9.17, 15) is 4.79 Å². The molecule has 1 aromatic heterocycles. The van der Waals surface area contributed by atoms with Crippen molar-refractivity contribution in [3.05, 3.63) is 88.2 Å². The molecule has 5 heteroatoms. The number of hydrogen-bond donors (Lipinski definition) is 1. The molecule has 0 fully saturated rings. The van der Waals surface area contributed by atoms with Crippen LogP contribution in [0, 0.1) is 6.92 Å². The topological polar surface area (TPSA) is 42.0 Å². The summed E-state index contributed by atoms with van der Waals surface area (Å²) in [4.78, 5) is 16.3. The Morgan fingerprint density at radius 1 is 1.04 bits per heavy atom. The molecule has 1 N–H and O–H groups in total. The summed E-state index contributed by atoms with van der Waals surface area (Å²) in [6, 6.07) is 20.2. The van der Waals surface area contributed by atoms with Gasteiger partial charge in [0.05, 0.1) is 0 Å². The van der Waals surface area contributed by atoms with Gasteiger partial charge in [-0.15, -0.1) is 0 Å². The van der Waals surface area contributed by atoms with Gasteiger partial charge in [-0.1, -0.05) is 0 Å². The van der Waals surface area contributed by atoms with Gasteiger partial charge in [0.25, 0.3) is 0 Å². The summed E-state index contributed by atoms with van der Waals surface area (Å²) < 4.78 is 3.83. The number of nitrogens with one attached hydrogen (secondary N) is 1. The van der Waals surface area contributed by atoms with E-state index in [-0.39, 0.29) is 20.9 Å². The Balaban J connectivity index is 1.70. The van der Waals surface area contributed by atoms with Crippen LogP contribution < -0.4 is 14.2 Å². The van der Waals surface area contributed by atoms with Crippen LogP contribution in [-0.2, 0) is 6.42 Å². The second-order valence-corrected chi connectivity index (χ2v) is 8.93. The molecule has 3 rings (SSSR count). The van der Waals surface area contributed by atoms with Gasteiger partial charge in [-0.05, 0) is 0 Å². The fraction of sp³-hybridized carbons (Fsp3) is 0.143. The predicted molar refractivity (Wildman–Crippen MR) is 111 cm³/mol. The van der Waals surface area contributed by atoms with Gasteiger partial charge >= 0.3 is 169 Å². The van der Waals surface area contributed by atoms with Crippen LogP contribution in [-0.4, -0.2) is 32.4 Å². The monoisotopic (exact) mass is 474 g/mol. The van der Waals surface area contributed by atoms with Gasteiger partial charge in [0.2, 0.25) is 0 Å². The third kappa shape index (κ3) is 4.82. The Kier molecular flexibility index (Phi) is 6.61. The molecule has 1 amide bonds. The zero-order valence-electron chi connectivity index (χ0n) is 14.4. The fourth-order valence-corrected chi connectivity index (χ4v) is 5.60. The normalized spacial score (nSPS) is 10.5. The quantitative estimate of drug-likeness (QED) is 0.559. The van der Waals surface area contributed by atoms with Crippen molar-refractivity contribution in [3.63, 3.8) is 0 Å². The molecule has 3 nitrogen and oxygen atoms in total. The molecule has 0 aliphatic heterocycles. The molecule has 0 unspecified atom stereocenters. The van der Waals surface area contributed by atoms with E-state index >= 15 is 0 Å². The molecule has 3 aromatic rings. The molecule has 0 spiro atoms. The first-order chi connectivity index (χ1) is 12.6. The molecular formula is C21H19BrN2OSe. The van der Waals surface area contributed by atoms with Gasteiger partial charge < -0.3 is 0 Å². The summed E-state index contributed by atoms with van der Waals surface area (Å²) in [5.41, 5.74) is 3.04. The molecule has 0 atom stereocenters. The average molecular weight is 474 g/mol. The van der Waals surface area contributed by atoms with Gasteiger partial charge in [-0.3, -0.25) is 0 Å². The minimum atomic E-state index is -0.128. The van der Waals surface area contributed by atoms with E-state index < -0.39 is 0 Å². The first kappa shape index (κ1) is 18.8. The summed E-state index contributed by atoms with van der Waals surface area (Å²) >= 11 is 3.86. The SMILES string of the molecule is Cc1cccc([Se]c2ccccc2Br)c1CCNC(=O)c1ccccn1. The number of benzene rings is 2. The molecule has 132 valence electrons. The summed E-state index contributed by atoms with van der Waals surface area (Å²) in [6.07, 6.45) is 2.45. The maximum absolute atomic E-state index is 12.2. The van der Waals surface area contributed by atoms with Crippen molar-refractivity contribution in [1.82, 2.24) is 10.3 Å². The Hall–Kier alpha value is -1.94. The number of aryl methyl sites for hydroxylation is 1. The summed E-state index contributed by atoms with van der Waals surface area (Å²) in [6.45, 7) is 2.73. The van der Waals surface area contributed by atoms with Crippen molar-refractivity contribution in [2.75, 3.05) is 6.54 Å². The molecule has 2 aromatic carbocycles. The number of carbonyl (C=O) groups is 1. The average Bonchev–Trinajstić information content (AvgIpc) is 2.66. The number of nitrogens with zero attached hydrogens (tertiary/aromatic N) is 1. The van der Waals surface area contributed by atoms with E-state index in [4.69, 9.17) is 0 Å². The molecule has 0 saturated heterocycles. The molecule has 0 aliphatic carbocycles. The van der Waals surface area contributed by atoms with Crippen molar-refractivity contribution >= 4 is 45.7 Å². The van der Waals surface area contributed by atoms with E-state index in [0.717, 1.165) is 10.9 Å². The van der Waals surface area contributed by atoms with Crippen LogP contribution in [0.15, 0.2) is 71.3 Å². The number of halogens is 1. The fourth-order valence-electron chi connectivity index (χ4n) is 2.63. The maximum atomic E-state index is 12.2. The minimum absolute atomic E-state index is 0.128. The zero-order valence-corrected chi connectivity index (χ0v) is 17.7. The Morgan fingerprint density at radius 2 is 1.81 bits per heavy atom. The number of pyridine rings is 1. The molecule has 26 heavy (non-hydrogen) atoms. The second kappa shape index (κ2) is 9.13. The van der Waals surface area contributed by atoms with Crippen molar-refractivity contribution < 1.29 is 4.79 Å². The van der Waals surface area contributed by atoms with Gasteiger partial charge in [0, 0.05) is 0 Å². The van der Waals surface area contributed by atoms with Crippen LogP contribution in [0.5, 0.6) is 0 Å². The Morgan fingerprint density at radius 3 is 2.58 bits per heavy atom. The molecule has 0 radical (unpaired) electrons. The van der Waals surface area contributed by atoms with Gasteiger partial charge in [-0.25, -0.2) is 0 Å². The van der Waals surface area contributed by atoms with Crippen LogP contribution in [0.2, 0.25) is 0 Å². The summed E-state index contributed by atoms with van der Waals surface area (Å²) in [5, 5.41) is 2.97. The van der Waals surface area contributed by atoms with E-state index in [1.54, 1.807) is 18.3 Å². The predicted octanol–water partition coefficient (Wildman–Crippen LogP) is 2.78. The molecule has 0 saturated carbocycles. The first-order valence-corrected chi connectivity index (χ1v) is 10.9. The molecule has 0 aliphatic rings. The van der Waals surface area contributed by atoms with Crippen LogP contribution in [0.1, 0.15) is 21.6 Å². The van der Waals surface area contributed by atoms with Crippen molar-refractivity contribution in [2.24, 2.45) is 0 Å². The second-order valence-electron chi connectivity index (χ2n) is 5.80. The summed E-state index contributed by atoms with van der Waals surface area (Å²) in [5.74, 6) is -0.128. The number of rotatable bonds is 6. The van der Waals surface area contributed by atoms with Crippen LogP contribution in [0.4, 0.5) is 0 Å². The Labute approximate surface area is 168 Å². The zero-order chi connectivity index (χ0) is 18.4. The molecular weight excluding hydrogens is 455 g/mol. The standard InChI is InChI=1S/C21H19BrN2OSe/c1-15-7-6-11-19(26-20-10-3-2-8-17(20)22)16(15)12-14-24-21(25)18-9-4-5-13-23-18/h2-11,13H,12,14H2,1H3,(H,24,25). The first-order valence-electron chi connectivity index (χ1n) is 8.35. The van der Waals surface area contributed by atoms with E-state index in [0.29, 0.717) is 12.2 Å². The van der Waals surface area contributed by atoms with Crippen molar-refractivity contribution in [2.45, 2.75) is 13.3 Å². The van der Waals surface area contributed by atoms with Gasteiger partial charge in [-0.2, -0.15) is 0 Å². The van der Waals surface area contributed by atoms with Gasteiger partial charge in [0.15, 0.2) is 0 Å². The van der Waals surface area contributed by atoms with Gasteiger partial charge in [0.1, 0.15) is 0 Å². The number of amides is 1. The third-order valence-electron chi connectivity index (χ3n) is 3.98. The number of aromatic nitrogens is 1. The van der Waals surface area contributed by atoms with Crippen molar-refractivity contribution in [1.29, 1.82) is 0 Å². The Bertz CT molecular complexity index is 900. The third-order valence-corrected chi connectivity index (χ3v) is 7.74.